The summed E-state index contributed by atoms with van der Waals surface area (Å²) in [5, 5.41) is 5.90. The van der Waals surface area contributed by atoms with Crippen LogP contribution in [0.3, 0.4) is 0 Å². The first-order chi connectivity index (χ1) is 12.0. The van der Waals surface area contributed by atoms with E-state index < -0.39 is 0 Å². The zero-order chi connectivity index (χ0) is 18.1. The van der Waals surface area contributed by atoms with Gasteiger partial charge in [-0.2, -0.15) is 0 Å². The monoisotopic (exact) mass is 360 g/mol. The molecule has 7 heteroatoms. The van der Waals surface area contributed by atoms with E-state index in [4.69, 9.17) is 11.6 Å². The number of urea groups is 1. The molecular weight excluding hydrogens is 340 g/mol. The molecule has 0 saturated heterocycles. The van der Waals surface area contributed by atoms with Crippen molar-refractivity contribution in [2.45, 2.75) is 13.0 Å². The Morgan fingerprint density at radius 3 is 2.56 bits per heavy atom. The van der Waals surface area contributed by atoms with Crippen LogP contribution in [-0.2, 0) is 17.8 Å². The lowest BCUT2D eigenvalue weighted by atomic mass is 10.2. The smallest absolute Gasteiger partial charge is 0.315 e. The minimum Gasteiger partial charge on any atom is -0.344 e. The molecule has 0 radical (unpaired) electrons. The third-order valence-electron chi connectivity index (χ3n) is 3.62. The fourth-order valence-corrected chi connectivity index (χ4v) is 2.22. The average molecular weight is 361 g/mol. The third kappa shape index (κ3) is 6.81. The molecule has 6 nitrogen and oxygen atoms in total. The van der Waals surface area contributed by atoms with Gasteiger partial charge in [0.1, 0.15) is 0 Å². The SMILES string of the molecule is CN(CCc1ccccn1)C(=O)CNC(=O)NCc1ccc(Cl)cc1. The third-order valence-corrected chi connectivity index (χ3v) is 3.87. The molecule has 2 N–H and O–H groups in total. The van der Waals surface area contributed by atoms with Crippen LogP contribution in [0.1, 0.15) is 11.3 Å². The molecule has 1 aromatic carbocycles. The molecular formula is C18H21ClN4O2. The topological polar surface area (TPSA) is 74.3 Å². The zero-order valence-electron chi connectivity index (χ0n) is 14.0. The average Bonchev–Trinajstić information content (AvgIpc) is 2.64. The van der Waals surface area contributed by atoms with Crippen molar-refractivity contribution in [1.29, 1.82) is 0 Å². The molecule has 0 atom stereocenters. The number of pyridine rings is 1. The van der Waals surface area contributed by atoms with E-state index in [9.17, 15) is 9.59 Å². The van der Waals surface area contributed by atoms with Crippen molar-refractivity contribution in [1.82, 2.24) is 20.5 Å². The maximum Gasteiger partial charge on any atom is 0.315 e. The van der Waals surface area contributed by atoms with Crippen LogP contribution in [0.2, 0.25) is 5.02 Å². The Morgan fingerprint density at radius 1 is 1.12 bits per heavy atom. The van der Waals surface area contributed by atoms with Crippen LogP contribution in [0.4, 0.5) is 4.79 Å². The lowest BCUT2D eigenvalue weighted by Gasteiger charge is -2.17. The number of nitrogens with zero attached hydrogens (tertiary/aromatic N) is 2. The first kappa shape index (κ1) is 18.7. The molecule has 0 saturated carbocycles. The molecule has 1 aromatic heterocycles. The summed E-state index contributed by atoms with van der Waals surface area (Å²) in [6.45, 7) is 0.863. The van der Waals surface area contributed by atoms with Gasteiger partial charge in [0.25, 0.3) is 0 Å². The normalized spacial score (nSPS) is 10.2. The summed E-state index contributed by atoms with van der Waals surface area (Å²) in [6, 6.07) is 12.5. The Kier molecular flexibility index (Phi) is 7.22. The Bertz CT molecular complexity index is 692. The van der Waals surface area contributed by atoms with Gasteiger partial charge in [-0.25, -0.2) is 4.79 Å². The number of likely N-dealkylation sites (N-methyl/N-ethyl adjacent to an activating group) is 1. The highest BCUT2D eigenvalue weighted by Gasteiger charge is 2.10. The summed E-state index contributed by atoms with van der Waals surface area (Å²) >= 11 is 5.81. The van der Waals surface area contributed by atoms with E-state index in [2.05, 4.69) is 15.6 Å². The van der Waals surface area contributed by atoms with Crippen LogP contribution in [0.5, 0.6) is 0 Å². The molecule has 0 aliphatic rings. The van der Waals surface area contributed by atoms with Gasteiger partial charge < -0.3 is 15.5 Å². The summed E-state index contributed by atoms with van der Waals surface area (Å²) in [7, 11) is 1.71. The number of carbonyl (C=O) groups is 2. The second-order valence-corrected chi connectivity index (χ2v) is 5.99. The van der Waals surface area contributed by atoms with Crippen molar-refractivity contribution in [2.24, 2.45) is 0 Å². The van der Waals surface area contributed by atoms with E-state index in [0.29, 0.717) is 24.5 Å². The minimum absolute atomic E-state index is 0.0504. The van der Waals surface area contributed by atoms with Crippen LogP contribution >= 0.6 is 11.6 Å². The molecule has 132 valence electrons. The molecule has 0 bridgehead atoms. The van der Waals surface area contributed by atoms with E-state index in [1.165, 1.54) is 0 Å². The van der Waals surface area contributed by atoms with E-state index in [-0.39, 0.29) is 18.5 Å². The summed E-state index contributed by atoms with van der Waals surface area (Å²) in [5.74, 6) is -0.155. The standard InChI is InChI=1S/C18H21ClN4O2/c1-23(11-9-16-4-2-3-10-20-16)17(24)13-22-18(25)21-12-14-5-7-15(19)8-6-14/h2-8,10H,9,11-13H2,1H3,(H2,21,22,25). The molecule has 1 heterocycles. The largest absolute Gasteiger partial charge is 0.344 e. The first-order valence-corrected chi connectivity index (χ1v) is 8.32. The van der Waals surface area contributed by atoms with Gasteiger partial charge in [-0.1, -0.05) is 29.8 Å². The number of hydrogen-bond donors (Lipinski definition) is 2. The number of rotatable bonds is 7. The maximum absolute atomic E-state index is 12.0. The molecule has 0 aliphatic heterocycles. The van der Waals surface area contributed by atoms with Gasteiger partial charge in [0, 0.05) is 43.5 Å². The summed E-state index contributed by atoms with van der Waals surface area (Å²) in [4.78, 5) is 29.6. The van der Waals surface area contributed by atoms with E-state index >= 15 is 0 Å². The predicted molar refractivity (Wildman–Crippen MR) is 97.3 cm³/mol. The molecule has 2 aromatic rings. The van der Waals surface area contributed by atoms with Gasteiger partial charge >= 0.3 is 6.03 Å². The van der Waals surface area contributed by atoms with Crippen molar-refractivity contribution < 1.29 is 9.59 Å². The quantitative estimate of drug-likeness (QED) is 0.795. The molecule has 0 spiro atoms. The number of carbonyl (C=O) groups excluding carboxylic acids is 2. The lowest BCUT2D eigenvalue weighted by Crippen LogP contribution is -2.42. The van der Waals surface area contributed by atoms with Gasteiger partial charge in [-0.15, -0.1) is 0 Å². The van der Waals surface area contributed by atoms with E-state index in [1.54, 1.807) is 30.3 Å². The fourth-order valence-electron chi connectivity index (χ4n) is 2.09. The fraction of sp³-hybridized carbons (Fsp3) is 0.278. The Morgan fingerprint density at radius 2 is 1.88 bits per heavy atom. The number of nitrogens with one attached hydrogen (secondary N) is 2. The lowest BCUT2D eigenvalue weighted by molar-refractivity contribution is -0.128. The predicted octanol–water partition coefficient (Wildman–Crippen LogP) is 2.24. The molecule has 3 amide bonds. The number of amides is 3. The number of aromatic nitrogens is 1. The van der Waals surface area contributed by atoms with Crippen molar-refractivity contribution in [2.75, 3.05) is 20.1 Å². The molecule has 2 rings (SSSR count). The maximum atomic E-state index is 12.0. The minimum atomic E-state index is -0.388. The summed E-state index contributed by atoms with van der Waals surface area (Å²) in [5.41, 5.74) is 1.86. The highest BCUT2D eigenvalue weighted by atomic mass is 35.5. The Balaban J connectivity index is 1.66. The second-order valence-electron chi connectivity index (χ2n) is 5.55. The second kappa shape index (κ2) is 9.64. The molecule has 0 aliphatic carbocycles. The van der Waals surface area contributed by atoms with Crippen LogP contribution in [-0.4, -0.2) is 42.0 Å². The van der Waals surface area contributed by atoms with Crippen molar-refractivity contribution in [3.05, 3.63) is 64.9 Å². The Hall–Kier alpha value is -2.60. The van der Waals surface area contributed by atoms with Crippen LogP contribution in [0, 0.1) is 0 Å². The van der Waals surface area contributed by atoms with E-state index in [1.807, 2.05) is 30.3 Å². The summed E-state index contributed by atoms with van der Waals surface area (Å²) in [6.07, 6.45) is 2.40. The van der Waals surface area contributed by atoms with Gasteiger partial charge in [0.15, 0.2) is 0 Å². The van der Waals surface area contributed by atoms with Crippen molar-refractivity contribution in [3.8, 4) is 0 Å². The number of hydrogen-bond acceptors (Lipinski definition) is 3. The first-order valence-electron chi connectivity index (χ1n) is 7.94. The molecule has 0 fully saturated rings. The molecule has 0 unspecified atom stereocenters. The number of benzene rings is 1. The van der Waals surface area contributed by atoms with Gasteiger partial charge in [-0.3, -0.25) is 9.78 Å². The van der Waals surface area contributed by atoms with Crippen molar-refractivity contribution >= 4 is 23.5 Å². The van der Waals surface area contributed by atoms with Crippen LogP contribution < -0.4 is 10.6 Å². The van der Waals surface area contributed by atoms with Gasteiger partial charge in [0.2, 0.25) is 5.91 Å². The number of halogens is 1. The molecule has 25 heavy (non-hydrogen) atoms. The van der Waals surface area contributed by atoms with Crippen LogP contribution in [0.15, 0.2) is 48.7 Å². The van der Waals surface area contributed by atoms with Gasteiger partial charge in [-0.05, 0) is 29.8 Å². The summed E-state index contributed by atoms with van der Waals surface area (Å²) < 4.78 is 0. The zero-order valence-corrected chi connectivity index (χ0v) is 14.8. The highest BCUT2D eigenvalue weighted by Crippen LogP contribution is 2.08. The highest BCUT2D eigenvalue weighted by molar-refractivity contribution is 6.30. The van der Waals surface area contributed by atoms with E-state index in [0.717, 1.165) is 11.3 Å². The van der Waals surface area contributed by atoms with Gasteiger partial charge in [0.05, 0.1) is 6.54 Å². The van der Waals surface area contributed by atoms with Crippen LogP contribution in [0.25, 0.3) is 0 Å². The van der Waals surface area contributed by atoms with Crippen molar-refractivity contribution in [3.63, 3.8) is 0 Å². The Labute approximate surface area is 152 Å².